The molecule has 4 aromatic rings. The quantitative estimate of drug-likeness (QED) is 0.0408. The summed E-state index contributed by atoms with van der Waals surface area (Å²) in [6.45, 7) is 4.70. The first-order chi connectivity index (χ1) is 29.8. The number of ether oxygens (including phenoxy) is 3. The Hall–Kier alpha value is -5.56. The number of nitro groups is 1. The van der Waals surface area contributed by atoms with E-state index in [4.69, 9.17) is 24.2 Å². The summed E-state index contributed by atoms with van der Waals surface area (Å²) in [7, 11) is 1.54. The van der Waals surface area contributed by atoms with E-state index in [1.807, 2.05) is 35.2 Å². The lowest BCUT2D eigenvalue weighted by molar-refractivity contribution is -0.384. The number of hydrogen-bond donors (Lipinski definition) is 2. The normalized spacial score (nSPS) is 24.5. The topological polar surface area (TPSA) is 153 Å². The minimum atomic E-state index is -1.40. The molecule has 6 unspecified atom stereocenters. The molecular formula is C49H55N3O9. The van der Waals surface area contributed by atoms with Gasteiger partial charge < -0.3 is 34.2 Å². The summed E-state index contributed by atoms with van der Waals surface area (Å²) in [5, 5.41) is 38.4. The Bertz CT molecular complexity index is 2300. The standard InChI is InChI=1S/C49H55N3O9/c1-3-26-59-49-45(51(48(55)33-20-21-33)31-35-15-10-14-32-12-4-5-18-39(32)35)30-43(50-58-2)41-27-34(13-6-8-24-53)40(19-7-9-25-54)46(47(41)49)42-29-38(22-23-44(42)61-49)60-37-17-11-16-36(28-37)52(56)57/h3-5,10-12,14-18,22-23,27-29,33-34,40,45-47,53-54H,1,6-9,13,19-21,24-26,30-31H2,2H3. The highest BCUT2D eigenvalue weighted by atomic mass is 16.7. The number of rotatable bonds is 19. The average Bonchev–Trinajstić information content (AvgIpc) is 4.13. The summed E-state index contributed by atoms with van der Waals surface area (Å²) in [5.74, 6) is -0.685. The Morgan fingerprint density at radius 2 is 1.74 bits per heavy atom. The number of benzene rings is 4. The van der Waals surface area contributed by atoms with E-state index in [-0.39, 0.29) is 55.1 Å². The molecule has 1 amide bonds. The van der Waals surface area contributed by atoms with Crippen LogP contribution in [0.25, 0.3) is 10.8 Å². The Morgan fingerprint density at radius 1 is 0.984 bits per heavy atom. The van der Waals surface area contributed by atoms with Crippen molar-refractivity contribution in [3.8, 4) is 17.2 Å². The summed E-state index contributed by atoms with van der Waals surface area (Å²) in [6.07, 6.45) is 10.5. The number of hydrogen-bond acceptors (Lipinski definition) is 10. The predicted molar refractivity (Wildman–Crippen MR) is 232 cm³/mol. The smallest absolute Gasteiger partial charge is 0.273 e. The number of non-ortho nitro benzene ring substituents is 1. The molecule has 61 heavy (non-hydrogen) atoms. The molecule has 0 aromatic heterocycles. The highest BCUT2D eigenvalue weighted by Crippen LogP contribution is 2.62. The molecule has 1 heterocycles. The van der Waals surface area contributed by atoms with Crippen LogP contribution in [0, 0.1) is 33.8 Å². The van der Waals surface area contributed by atoms with E-state index in [0.717, 1.165) is 71.7 Å². The number of carbonyl (C=O) groups is 1. The first kappa shape index (κ1) is 42.1. The molecule has 3 aliphatic carbocycles. The van der Waals surface area contributed by atoms with Crippen molar-refractivity contribution in [1.29, 1.82) is 0 Å². The Balaban J connectivity index is 1.33. The van der Waals surface area contributed by atoms with Gasteiger partial charge in [-0.05, 0) is 96.5 Å². The second-order valence-corrected chi connectivity index (χ2v) is 16.7. The zero-order chi connectivity index (χ0) is 42.5. The van der Waals surface area contributed by atoms with Crippen molar-refractivity contribution in [2.45, 2.75) is 82.1 Å². The van der Waals surface area contributed by atoms with Crippen molar-refractivity contribution in [1.82, 2.24) is 4.90 Å². The summed E-state index contributed by atoms with van der Waals surface area (Å²) in [6, 6.07) is 25.6. The lowest BCUT2D eigenvalue weighted by Crippen LogP contribution is -2.70. The van der Waals surface area contributed by atoms with Gasteiger partial charge in [0.25, 0.3) is 5.69 Å². The SMILES string of the molecule is C=CCOC12Oc3ccc(Oc4cccc([N+](=O)[O-])c4)cc3C3C(CCCCO)C(CCCCO)C=C(C(=NOC)CC1N(Cc1cccc4ccccc14)C(=O)C1CC1)C32. The molecule has 8 rings (SSSR count). The minimum absolute atomic E-state index is 0.0228. The number of fused-ring (bicyclic) bond motifs is 3. The largest absolute Gasteiger partial charge is 0.459 e. The van der Waals surface area contributed by atoms with Gasteiger partial charge in [-0.15, -0.1) is 6.58 Å². The van der Waals surface area contributed by atoms with Crippen LogP contribution in [0.5, 0.6) is 17.2 Å². The number of amides is 1. The first-order valence-electron chi connectivity index (χ1n) is 21.6. The van der Waals surface area contributed by atoms with Crippen LogP contribution < -0.4 is 9.47 Å². The summed E-state index contributed by atoms with van der Waals surface area (Å²) in [4.78, 5) is 33.7. The fraction of sp³-hybridized carbons (Fsp3) is 0.429. The molecule has 0 bridgehead atoms. The van der Waals surface area contributed by atoms with Crippen LogP contribution >= 0.6 is 0 Å². The van der Waals surface area contributed by atoms with Crippen LogP contribution in [0.2, 0.25) is 0 Å². The summed E-state index contributed by atoms with van der Waals surface area (Å²) >= 11 is 0. The molecule has 12 nitrogen and oxygen atoms in total. The van der Waals surface area contributed by atoms with Crippen LogP contribution in [0.15, 0.2) is 114 Å². The number of carbonyl (C=O) groups excluding carboxylic acids is 1. The Kier molecular flexibility index (Phi) is 12.8. The minimum Gasteiger partial charge on any atom is -0.459 e. The predicted octanol–water partition coefficient (Wildman–Crippen LogP) is 9.24. The molecule has 4 aliphatic rings. The van der Waals surface area contributed by atoms with Gasteiger partial charge in [-0.2, -0.15) is 0 Å². The summed E-state index contributed by atoms with van der Waals surface area (Å²) in [5.41, 5.74) is 3.50. The van der Waals surface area contributed by atoms with Crippen molar-refractivity contribution >= 4 is 28.1 Å². The van der Waals surface area contributed by atoms with Crippen LogP contribution in [-0.4, -0.2) is 70.4 Å². The maximum atomic E-state index is 14.9. The van der Waals surface area contributed by atoms with Crippen LogP contribution in [0.3, 0.4) is 0 Å². The second kappa shape index (κ2) is 18.6. The van der Waals surface area contributed by atoms with Gasteiger partial charge in [-0.1, -0.05) is 78.7 Å². The molecule has 0 saturated heterocycles. The fourth-order valence-electron chi connectivity index (χ4n) is 10.1. The average molecular weight is 830 g/mol. The van der Waals surface area contributed by atoms with Crippen molar-refractivity contribution in [3.05, 3.63) is 130 Å². The van der Waals surface area contributed by atoms with Crippen molar-refractivity contribution in [3.63, 3.8) is 0 Å². The number of nitro benzene ring substituents is 1. The second-order valence-electron chi connectivity index (χ2n) is 16.7. The third-order valence-corrected chi connectivity index (χ3v) is 12.9. The third kappa shape index (κ3) is 8.54. The van der Waals surface area contributed by atoms with Gasteiger partial charge in [0, 0.05) is 49.6 Å². The molecule has 4 aromatic carbocycles. The lowest BCUT2D eigenvalue weighted by atomic mass is 9.55. The Morgan fingerprint density at radius 3 is 2.49 bits per heavy atom. The van der Waals surface area contributed by atoms with E-state index in [0.29, 0.717) is 43.1 Å². The van der Waals surface area contributed by atoms with Crippen molar-refractivity contribution in [2.24, 2.45) is 28.8 Å². The fourth-order valence-corrected chi connectivity index (χ4v) is 10.1. The Labute approximate surface area is 356 Å². The van der Waals surface area contributed by atoms with Crippen LogP contribution in [-0.2, 0) is 20.9 Å². The highest BCUT2D eigenvalue weighted by Gasteiger charge is 2.66. The van der Waals surface area contributed by atoms with Crippen molar-refractivity contribution in [2.75, 3.05) is 26.9 Å². The molecule has 0 spiro atoms. The molecule has 12 heteroatoms. The lowest BCUT2D eigenvalue weighted by Gasteiger charge is -2.60. The number of allylic oxidation sites excluding steroid dienone is 1. The molecule has 2 N–H and O–H groups in total. The van der Waals surface area contributed by atoms with Gasteiger partial charge in [0.15, 0.2) is 0 Å². The van der Waals surface area contributed by atoms with Gasteiger partial charge in [0.05, 0.1) is 29.2 Å². The first-order valence-corrected chi connectivity index (χ1v) is 21.6. The van der Waals surface area contributed by atoms with Crippen LogP contribution in [0.1, 0.15) is 74.8 Å². The number of aliphatic hydroxyl groups excluding tert-OH is 2. The molecule has 1 aliphatic heterocycles. The van der Waals surface area contributed by atoms with Crippen molar-refractivity contribution < 1.29 is 39.0 Å². The van der Waals surface area contributed by atoms with Gasteiger partial charge in [0.1, 0.15) is 30.4 Å². The third-order valence-electron chi connectivity index (χ3n) is 12.9. The zero-order valence-electron chi connectivity index (χ0n) is 34.7. The molecule has 320 valence electrons. The zero-order valence-corrected chi connectivity index (χ0v) is 34.7. The molecule has 0 radical (unpaired) electrons. The van der Waals surface area contributed by atoms with Gasteiger partial charge in [0.2, 0.25) is 11.7 Å². The van der Waals surface area contributed by atoms with E-state index < -0.39 is 22.7 Å². The van der Waals surface area contributed by atoms with Gasteiger partial charge in [-0.25, -0.2) is 0 Å². The van der Waals surface area contributed by atoms with Gasteiger partial charge >= 0.3 is 0 Å². The van der Waals surface area contributed by atoms with Crippen LogP contribution in [0.4, 0.5) is 5.69 Å². The van der Waals surface area contributed by atoms with E-state index >= 15 is 0 Å². The number of nitrogens with zero attached hydrogens (tertiary/aromatic N) is 3. The number of unbranched alkanes of at least 4 members (excludes halogenated alkanes) is 2. The van der Waals surface area contributed by atoms with E-state index in [1.54, 1.807) is 31.4 Å². The maximum absolute atomic E-state index is 14.9. The van der Waals surface area contributed by atoms with Gasteiger partial charge in [-0.3, -0.25) is 14.9 Å². The molecule has 2 fully saturated rings. The number of oxime groups is 1. The molecule has 6 atom stereocenters. The number of aliphatic hydroxyl groups is 2. The highest BCUT2D eigenvalue weighted by molar-refractivity contribution is 6.03. The van der Waals surface area contributed by atoms with E-state index in [9.17, 15) is 25.1 Å². The van der Waals surface area contributed by atoms with E-state index in [1.165, 1.54) is 12.1 Å². The summed E-state index contributed by atoms with van der Waals surface area (Å²) < 4.78 is 20.9. The molecule has 2 saturated carbocycles. The molecular weight excluding hydrogens is 775 g/mol. The maximum Gasteiger partial charge on any atom is 0.273 e. The monoisotopic (exact) mass is 829 g/mol. The van der Waals surface area contributed by atoms with E-state index in [2.05, 4.69) is 36.9 Å².